The molecule has 3 rings (SSSR count). The molecule has 5 heteroatoms. The van der Waals surface area contributed by atoms with Crippen LogP contribution in [-0.4, -0.2) is 12.6 Å². The number of fused-ring (bicyclic) bond motifs is 1. The summed E-state index contributed by atoms with van der Waals surface area (Å²) >= 11 is 0. The summed E-state index contributed by atoms with van der Waals surface area (Å²) in [6.45, 7) is 4.58. The third kappa shape index (κ3) is 5.03. The number of esters is 1. The zero-order valence-electron chi connectivity index (χ0n) is 16.7. The van der Waals surface area contributed by atoms with Gasteiger partial charge in [0.25, 0.3) is 0 Å². The van der Waals surface area contributed by atoms with Crippen molar-refractivity contribution in [2.45, 2.75) is 64.7 Å². The van der Waals surface area contributed by atoms with E-state index in [0.717, 1.165) is 17.7 Å². The summed E-state index contributed by atoms with van der Waals surface area (Å²) in [5.74, 6) is 0.826. The van der Waals surface area contributed by atoms with Gasteiger partial charge in [0, 0.05) is 12.0 Å². The fourth-order valence-electron chi connectivity index (χ4n) is 3.58. The molecule has 0 radical (unpaired) electrons. The number of carbonyl (C=O) groups is 1. The lowest BCUT2D eigenvalue weighted by atomic mass is 9.87. The second-order valence-corrected chi connectivity index (χ2v) is 7.34. The minimum Gasteiger partial charge on any atom is -0.494 e. The Bertz CT molecular complexity index is 850. The second kappa shape index (κ2) is 9.58. The Morgan fingerprint density at radius 2 is 1.75 bits per heavy atom. The van der Waals surface area contributed by atoms with Crippen LogP contribution in [0, 0.1) is 6.92 Å². The smallest absolute Gasteiger partial charge is 0.343 e. The molecule has 0 saturated heterocycles. The molecule has 28 heavy (non-hydrogen) atoms. The summed E-state index contributed by atoms with van der Waals surface area (Å²) in [6.07, 6.45) is 7.48. The van der Waals surface area contributed by atoms with Crippen LogP contribution in [0.3, 0.4) is 0 Å². The van der Waals surface area contributed by atoms with Gasteiger partial charge in [-0.05, 0) is 31.0 Å². The van der Waals surface area contributed by atoms with Crippen molar-refractivity contribution in [1.82, 2.24) is 0 Å². The Morgan fingerprint density at radius 3 is 2.50 bits per heavy atom. The van der Waals surface area contributed by atoms with Crippen molar-refractivity contribution < 1.29 is 18.7 Å². The van der Waals surface area contributed by atoms with Crippen molar-refractivity contribution in [3.8, 4) is 11.5 Å². The Labute approximate surface area is 165 Å². The number of carbonyl (C=O) groups excluding carboxylic acids is 1. The van der Waals surface area contributed by atoms with E-state index in [-0.39, 0.29) is 18.3 Å². The van der Waals surface area contributed by atoms with E-state index in [1.807, 2.05) is 24.3 Å². The van der Waals surface area contributed by atoms with Crippen molar-refractivity contribution in [3.05, 3.63) is 57.6 Å². The summed E-state index contributed by atoms with van der Waals surface area (Å²) in [5, 5.41) is 0. The van der Waals surface area contributed by atoms with Crippen LogP contribution in [0.2, 0.25) is 0 Å². The molecule has 2 heterocycles. The first-order chi connectivity index (χ1) is 13.6. The lowest BCUT2D eigenvalue weighted by molar-refractivity contribution is -0.135. The van der Waals surface area contributed by atoms with E-state index < -0.39 is 5.63 Å². The van der Waals surface area contributed by atoms with Gasteiger partial charge in [-0.25, -0.2) is 4.79 Å². The highest BCUT2D eigenvalue weighted by molar-refractivity contribution is 5.77. The van der Waals surface area contributed by atoms with Crippen LogP contribution in [0.5, 0.6) is 11.5 Å². The predicted octanol–water partition coefficient (Wildman–Crippen LogP) is 5.13. The van der Waals surface area contributed by atoms with Crippen LogP contribution < -0.4 is 15.1 Å². The van der Waals surface area contributed by atoms with Gasteiger partial charge in [0.05, 0.1) is 18.6 Å². The molecule has 150 valence electrons. The quantitative estimate of drug-likeness (QED) is 0.443. The third-order valence-corrected chi connectivity index (χ3v) is 5.07. The molecule has 0 N–H and O–H groups in total. The van der Waals surface area contributed by atoms with Gasteiger partial charge in [-0.15, -0.1) is 0 Å². The van der Waals surface area contributed by atoms with E-state index >= 15 is 0 Å². The van der Waals surface area contributed by atoms with Gasteiger partial charge in [0.1, 0.15) is 17.3 Å². The summed E-state index contributed by atoms with van der Waals surface area (Å²) < 4.78 is 16.3. The topological polar surface area (TPSA) is 65.7 Å². The van der Waals surface area contributed by atoms with Gasteiger partial charge in [0.15, 0.2) is 0 Å². The van der Waals surface area contributed by atoms with Crippen LogP contribution in [0.25, 0.3) is 0 Å². The van der Waals surface area contributed by atoms with Gasteiger partial charge in [-0.2, -0.15) is 0 Å². The fraction of sp³-hybridized carbons (Fsp3) is 0.478. The van der Waals surface area contributed by atoms with Crippen molar-refractivity contribution in [1.29, 1.82) is 0 Å². The average Bonchev–Trinajstić information content (AvgIpc) is 2.66. The van der Waals surface area contributed by atoms with E-state index in [9.17, 15) is 9.59 Å². The van der Waals surface area contributed by atoms with Gasteiger partial charge >= 0.3 is 11.6 Å². The Balaban J connectivity index is 1.63. The fourth-order valence-corrected chi connectivity index (χ4v) is 3.58. The van der Waals surface area contributed by atoms with E-state index in [1.165, 1.54) is 32.1 Å². The molecular formula is C23H28O5. The first-order valence-corrected chi connectivity index (χ1v) is 10.2. The SMILES string of the molecule is CCCCCCCCOc1ccc([C@@H]2CC(=O)Oc3cc(C)oc(=O)c32)cc1. The second-order valence-electron chi connectivity index (χ2n) is 7.34. The van der Waals surface area contributed by atoms with Crippen molar-refractivity contribution in [3.63, 3.8) is 0 Å². The van der Waals surface area contributed by atoms with Crippen LogP contribution in [-0.2, 0) is 4.79 Å². The van der Waals surface area contributed by atoms with Crippen LogP contribution in [0.15, 0.2) is 39.5 Å². The van der Waals surface area contributed by atoms with Gasteiger partial charge in [-0.1, -0.05) is 51.2 Å². The summed E-state index contributed by atoms with van der Waals surface area (Å²) in [5.41, 5.74) is 0.836. The van der Waals surface area contributed by atoms with Gasteiger partial charge in [-0.3, -0.25) is 4.79 Å². The third-order valence-electron chi connectivity index (χ3n) is 5.07. The lowest BCUT2D eigenvalue weighted by Crippen LogP contribution is -2.26. The van der Waals surface area contributed by atoms with Crippen molar-refractivity contribution in [2.24, 2.45) is 0 Å². The maximum atomic E-state index is 12.3. The molecule has 0 bridgehead atoms. The maximum Gasteiger partial charge on any atom is 0.343 e. The van der Waals surface area contributed by atoms with E-state index in [1.54, 1.807) is 13.0 Å². The molecule has 0 amide bonds. The largest absolute Gasteiger partial charge is 0.494 e. The first kappa shape index (κ1) is 20.2. The monoisotopic (exact) mass is 384 g/mol. The lowest BCUT2D eigenvalue weighted by Gasteiger charge is -2.23. The molecule has 1 aliphatic rings. The van der Waals surface area contributed by atoms with E-state index in [0.29, 0.717) is 23.7 Å². The highest BCUT2D eigenvalue weighted by Crippen LogP contribution is 2.37. The normalized spacial score (nSPS) is 15.8. The molecule has 5 nitrogen and oxygen atoms in total. The molecule has 1 atom stereocenters. The van der Waals surface area contributed by atoms with Crippen LogP contribution in [0.4, 0.5) is 0 Å². The molecule has 1 aromatic carbocycles. The number of hydrogen-bond donors (Lipinski definition) is 0. The summed E-state index contributed by atoms with van der Waals surface area (Å²) in [4.78, 5) is 24.3. The number of ether oxygens (including phenoxy) is 2. The standard InChI is InChI=1S/C23H28O5/c1-3-4-5-6-7-8-13-26-18-11-9-17(10-12-18)19-15-21(24)28-20-14-16(2)27-23(25)22(19)20/h9-12,14,19H,3-8,13,15H2,1-2H3/t19-/m0/s1. The average molecular weight is 384 g/mol. The van der Waals surface area contributed by atoms with Crippen LogP contribution in [0.1, 0.15) is 74.7 Å². The van der Waals surface area contributed by atoms with E-state index in [4.69, 9.17) is 13.9 Å². The van der Waals surface area contributed by atoms with E-state index in [2.05, 4.69) is 6.92 Å². The molecular weight excluding hydrogens is 356 g/mol. The predicted molar refractivity (Wildman–Crippen MR) is 107 cm³/mol. The molecule has 0 aliphatic carbocycles. The Hall–Kier alpha value is -2.56. The Morgan fingerprint density at radius 1 is 1.04 bits per heavy atom. The number of benzene rings is 1. The van der Waals surface area contributed by atoms with Gasteiger partial charge < -0.3 is 13.9 Å². The molecule has 0 unspecified atom stereocenters. The minimum atomic E-state index is -0.448. The maximum absolute atomic E-state index is 12.3. The number of rotatable bonds is 9. The molecule has 0 fully saturated rings. The number of aryl methyl sites for hydroxylation is 1. The zero-order valence-corrected chi connectivity index (χ0v) is 16.7. The summed E-state index contributed by atoms with van der Waals surface area (Å²) in [6, 6.07) is 9.19. The molecule has 0 spiro atoms. The molecule has 2 aromatic rings. The van der Waals surface area contributed by atoms with Gasteiger partial charge in [0.2, 0.25) is 0 Å². The Kier molecular flexibility index (Phi) is 6.90. The van der Waals surface area contributed by atoms with Crippen molar-refractivity contribution in [2.75, 3.05) is 6.61 Å². The first-order valence-electron chi connectivity index (χ1n) is 10.2. The van der Waals surface area contributed by atoms with Crippen molar-refractivity contribution >= 4 is 5.97 Å². The number of hydrogen-bond acceptors (Lipinski definition) is 5. The molecule has 0 saturated carbocycles. The minimum absolute atomic E-state index is 0.124. The molecule has 1 aliphatic heterocycles. The highest BCUT2D eigenvalue weighted by atomic mass is 16.5. The highest BCUT2D eigenvalue weighted by Gasteiger charge is 2.32. The van der Waals surface area contributed by atoms with Crippen LogP contribution >= 0.6 is 0 Å². The zero-order chi connectivity index (χ0) is 19.9. The number of unbranched alkanes of at least 4 members (excludes halogenated alkanes) is 5. The summed E-state index contributed by atoms with van der Waals surface area (Å²) in [7, 11) is 0. The molecule has 1 aromatic heterocycles.